The topological polar surface area (TPSA) is 144 Å². The molecule has 0 bridgehead atoms. The molecule has 44 heavy (non-hydrogen) atoms. The van der Waals surface area contributed by atoms with Crippen LogP contribution in [-0.4, -0.2) is 53.7 Å². The minimum absolute atomic E-state index is 0.00484. The predicted octanol–water partition coefficient (Wildman–Crippen LogP) is 5.63. The Balaban J connectivity index is 1.87. The molecule has 3 aromatic carbocycles. The van der Waals surface area contributed by atoms with Crippen LogP contribution in [0.15, 0.2) is 58.4 Å². The van der Waals surface area contributed by atoms with Gasteiger partial charge in [-0.15, -0.1) is 0 Å². The van der Waals surface area contributed by atoms with Gasteiger partial charge in [-0.1, -0.05) is 26.0 Å². The van der Waals surface area contributed by atoms with Gasteiger partial charge in [-0.3, -0.25) is 14.9 Å². The van der Waals surface area contributed by atoms with Crippen LogP contribution in [0.1, 0.15) is 50.3 Å². The van der Waals surface area contributed by atoms with E-state index in [1.54, 1.807) is 45.2 Å². The molecule has 0 aliphatic rings. The molecular formula is C32H34N4O8. The number of methoxy groups -OCH3 is 2. The summed E-state index contributed by atoms with van der Waals surface area (Å²) >= 11 is 0. The average molecular weight is 603 g/mol. The van der Waals surface area contributed by atoms with E-state index in [0.717, 1.165) is 16.9 Å². The van der Waals surface area contributed by atoms with Crippen LogP contribution in [0.25, 0.3) is 22.3 Å². The highest BCUT2D eigenvalue weighted by Crippen LogP contribution is 2.38. The first-order chi connectivity index (χ1) is 20.9. The van der Waals surface area contributed by atoms with Gasteiger partial charge in [-0.05, 0) is 68.1 Å². The highest BCUT2D eigenvalue weighted by Gasteiger charge is 2.24. The molecule has 12 nitrogen and oxygen atoms in total. The van der Waals surface area contributed by atoms with Gasteiger partial charge in [0.05, 0.1) is 42.4 Å². The Morgan fingerprint density at radius 2 is 1.77 bits per heavy atom. The molecule has 0 unspecified atom stereocenters. The van der Waals surface area contributed by atoms with Crippen molar-refractivity contribution in [3.8, 4) is 28.6 Å². The van der Waals surface area contributed by atoms with Crippen molar-refractivity contribution >= 4 is 28.8 Å². The van der Waals surface area contributed by atoms with Gasteiger partial charge >= 0.3 is 11.7 Å². The number of aryl methyl sites for hydroxylation is 1. The monoisotopic (exact) mass is 602 g/mol. The molecule has 0 radical (unpaired) electrons. The summed E-state index contributed by atoms with van der Waals surface area (Å²) in [6.45, 7) is 8.77. The number of carbonyl (C=O) groups is 1. The van der Waals surface area contributed by atoms with E-state index >= 15 is 0 Å². The molecule has 0 amide bonds. The van der Waals surface area contributed by atoms with Crippen molar-refractivity contribution in [2.24, 2.45) is 5.10 Å². The number of para-hydroxylation sites is 1. The molecule has 0 atom stereocenters. The van der Waals surface area contributed by atoms with Crippen molar-refractivity contribution < 1.29 is 28.7 Å². The summed E-state index contributed by atoms with van der Waals surface area (Å²) < 4.78 is 22.6. The molecule has 0 N–H and O–H groups in total. The molecule has 4 rings (SSSR count). The molecule has 0 aliphatic carbocycles. The van der Waals surface area contributed by atoms with Crippen molar-refractivity contribution in [2.75, 3.05) is 20.8 Å². The number of fused-ring (bicyclic) bond motifs is 1. The molecule has 1 heterocycles. The third-order valence-corrected chi connectivity index (χ3v) is 6.69. The molecule has 0 aliphatic heterocycles. The van der Waals surface area contributed by atoms with E-state index in [1.807, 2.05) is 32.9 Å². The van der Waals surface area contributed by atoms with Gasteiger partial charge in [0.1, 0.15) is 5.75 Å². The zero-order chi connectivity index (χ0) is 32.1. The summed E-state index contributed by atoms with van der Waals surface area (Å²) in [5.41, 5.74) is 2.27. The first-order valence-corrected chi connectivity index (χ1v) is 13.9. The number of rotatable bonds is 11. The second kappa shape index (κ2) is 13.4. The lowest BCUT2D eigenvalue weighted by Crippen LogP contribution is -2.21. The Labute approximate surface area is 254 Å². The van der Waals surface area contributed by atoms with Gasteiger partial charge in [0.2, 0.25) is 5.75 Å². The third kappa shape index (κ3) is 6.69. The van der Waals surface area contributed by atoms with Crippen molar-refractivity contribution in [2.45, 2.75) is 46.6 Å². The smallest absolute Gasteiger partial charge is 0.344 e. The van der Waals surface area contributed by atoms with Crippen molar-refractivity contribution in [1.29, 1.82) is 0 Å². The van der Waals surface area contributed by atoms with Crippen LogP contribution in [0.4, 0.5) is 5.69 Å². The molecule has 0 saturated carbocycles. The van der Waals surface area contributed by atoms with Crippen molar-refractivity contribution in [1.82, 2.24) is 9.66 Å². The number of hydrogen-bond acceptors (Lipinski definition) is 10. The Kier molecular flexibility index (Phi) is 9.62. The molecule has 230 valence electrons. The standard InChI is InChI=1S/C32H34N4O8/c1-18(2)23-15-24(20(5)12-27(23)41-6)31-34-25-11-9-8-10-22(25)32(38)35(31)33-16-21-13-26(36(39)40)30(28(14-21)42-7)43-17-29(37)44-19(3)4/h8-16,18-19H,17H2,1-7H3. The molecule has 1 aromatic heterocycles. The van der Waals surface area contributed by atoms with Gasteiger partial charge in [0, 0.05) is 17.2 Å². The number of nitro benzene ring substituents is 1. The van der Waals surface area contributed by atoms with Crippen LogP contribution in [0, 0.1) is 17.0 Å². The fourth-order valence-corrected chi connectivity index (χ4v) is 4.64. The number of aromatic nitrogens is 2. The number of carbonyl (C=O) groups excluding carboxylic acids is 1. The summed E-state index contributed by atoms with van der Waals surface area (Å²) in [5.74, 6) is 0.197. The van der Waals surface area contributed by atoms with E-state index < -0.39 is 28.7 Å². The van der Waals surface area contributed by atoms with Gasteiger partial charge in [0.25, 0.3) is 5.56 Å². The Hall–Kier alpha value is -5.26. The molecule has 0 saturated heterocycles. The lowest BCUT2D eigenvalue weighted by Gasteiger charge is -2.17. The molecule has 0 fully saturated rings. The molecular weight excluding hydrogens is 568 g/mol. The van der Waals surface area contributed by atoms with E-state index in [0.29, 0.717) is 16.5 Å². The van der Waals surface area contributed by atoms with Crippen LogP contribution >= 0.6 is 0 Å². The number of nitrogens with zero attached hydrogens (tertiary/aromatic N) is 4. The quantitative estimate of drug-likeness (QED) is 0.0922. The number of nitro groups is 1. The minimum atomic E-state index is -0.688. The maximum atomic E-state index is 13.8. The third-order valence-electron chi connectivity index (χ3n) is 6.69. The highest BCUT2D eigenvalue weighted by atomic mass is 16.6. The average Bonchev–Trinajstić information content (AvgIpc) is 2.98. The van der Waals surface area contributed by atoms with Gasteiger partial charge < -0.3 is 18.9 Å². The lowest BCUT2D eigenvalue weighted by atomic mass is 9.96. The maximum absolute atomic E-state index is 13.8. The van der Waals surface area contributed by atoms with Gasteiger partial charge in [-0.25, -0.2) is 9.78 Å². The fraction of sp³-hybridized carbons (Fsp3) is 0.312. The number of ether oxygens (including phenoxy) is 4. The number of esters is 1. The van der Waals surface area contributed by atoms with E-state index in [2.05, 4.69) is 5.10 Å². The second-order valence-electron chi connectivity index (χ2n) is 10.5. The first kappa shape index (κ1) is 31.7. The lowest BCUT2D eigenvalue weighted by molar-refractivity contribution is -0.385. The summed E-state index contributed by atoms with van der Waals surface area (Å²) in [4.78, 5) is 41.9. The van der Waals surface area contributed by atoms with Crippen LogP contribution in [-0.2, 0) is 9.53 Å². The second-order valence-corrected chi connectivity index (χ2v) is 10.5. The summed E-state index contributed by atoms with van der Waals surface area (Å²) in [7, 11) is 2.92. The largest absolute Gasteiger partial charge is 0.496 e. The Morgan fingerprint density at radius 3 is 2.41 bits per heavy atom. The maximum Gasteiger partial charge on any atom is 0.344 e. The van der Waals surface area contributed by atoms with Gasteiger partial charge in [0.15, 0.2) is 18.2 Å². The summed E-state index contributed by atoms with van der Waals surface area (Å²) in [6.07, 6.45) is 0.925. The normalized spacial score (nSPS) is 11.4. The van der Waals surface area contributed by atoms with Gasteiger partial charge in [-0.2, -0.15) is 9.78 Å². The zero-order valence-electron chi connectivity index (χ0n) is 25.6. The molecule has 12 heteroatoms. The van der Waals surface area contributed by atoms with E-state index in [9.17, 15) is 19.7 Å². The van der Waals surface area contributed by atoms with Crippen LogP contribution in [0.3, 0.4) is 0 Å². The summed E-state index contributed by atoms with van der Waals surface area (Å²) in [6, 6.07) is 13.4. The Morgan fingerprint density at radius 1 is 1.07 bits per heavy atom. The molecule has 0 spiro atoms. The van der Waals surface area contributed by atoms with Crippen LogP contribution in [0.2, 0.25) is 0 Å². The fourth-order valence-electron chi connectivity index (χ4n) is 4.64. The molecule has 4 aromatic rings. The minimum Gasteiger partial charge on any atom is -0.496 e. The SMILES string of the molecule is COc1cc(C)c(-c2nc3ccccc3c(=O)n2N=Cc2cc(OC)c(OCC(=O)OC(C)C)c([N+](=O)[O-])c2)cc1C(C)C. The summed E-state index contributed by atoms with van der Waals surface area (Å²) in [5, 5.41) is 16.8. The van der Waals surface area contributed by atoms with Crippen molar-refractivity contribution in [3.63, 3.8) is 0 Å². The first-order valence-electron chi connectivity index (χ1n) is 13.9. The van der Waals surface area contributed by atoms with Crippen LogP contribution in [0.5, 0.6) is 17.2 Å². The van der Waals surface area contributed by atoms with E-state index in [4.69, 9.17) is 23.9 Å². The van der Waals surface area contributed by atoms with Crippen molar-refractivity contribution in [3.05, 3.63) is 85.7 Å². The highest BCUT2D eigenvalue weighted by molar-refractivity contribution is 5.85. The zero-order valence-corrected chi connectivity index (χ0v) is 25.6. The van der Waals surface area contributed by atoms with Crippen LogP contribution < -0.4 is 19.8 Å². The predicted molar refractivity (Wildman–Crippen MR) is 166 cm³/mol. The Bertz CT molecular complexity index is 1810. The van der Waals surface area contributed by atoms with E-state index in [1.165, 1.54) is 30.1 Å². The number of benzene rings is 3. The number of hydrogen-bond donors (Lipinski definition) is 0. The van der Waals surface area contributed by atoms with E-state index in [-0.39, 0.29) is 34.9 Å².